The van der Waals surface area contributed by atoms with E-state index in [9.17, 15) is 4.79 Å². The fraction of sp³-hybridized carbons (Fsp3) is 0.167. The number of hydrogen-bond donors (Lipinski definition) is 1. The molecule has 0 unspecified atom stereocenters. The third-order valence-electron chi connectivity index (χ3n) is 5.55. The van der Waals surface area contributed by atoms with Gasteiger partial charge in [-0.25, -0.2) is 19.6 Å². The van der Waals surface area contributed by atoms with Crippen LogP contribution in [0.1, 0.15) is 5.01 Å². The average Bonchev–Trinajstić information content (AvgIpc) is 3.53. The zero-order valence-electron chi connectivity index (χ0n) is 17.5. The summed E-state index contributed by atoms with van der Waals surface area (Å²) < 4.78 is 1.03. The van der Waals surface area contributed by atoms with Gasteiger partial charge in [0.25, 0.3) is 0 Å². The van der Waals surface area contributed by atoms with Gasteiger partial charge < -0.3 is 9.80 Å². The van der Waals surface area contributed by atoms with Crippen molar-refractivity contribution in [3.8, 4) is 23.5 Å². The van der Waals surface area contributed by atoms with Gasteiger partial charge in [-0.3, -0.25) is 5.32 Å². The molecule has 2 aromatic carbocycles. The number of carbonyl (C=O) groups excluding carboxylic acids is 1. The van der Waals surface area contributed by atoms with Crippen molar-refractivity contribution in [1.29, 1.82) is 0 Å². The van der Waals surface area contributed by atoms with Gasteiger partial charge in [0.1, 0.15) is 5.82 Å². The van der Waals surface area contributed by atoms with Gasteiger partial charge in [0.2, 0.25) is 0 Å². The van der Waals surface area contributed by atoms with Crippen LogP contribution in [0.15, 0.2) is 47.3 Å². The Kier molecular flexibility index (Phi) is 5.66. The molecule has 0 saturated carbocycles. The summed E-state index contributed by atoms with van der Waals surface area (Å²) in [6.07, 6.45) is 5.34. The van der Waals surface area contributed by atoms with Crippen LogP contribution in [0.4, 0.5) is 22.0 Å². The molecule has 4 aromatic rings. The maximum atomic E-state index is 12.5. The molecule has 2 amide bonds. The largest absolute Gasteiger partial charge is 0.368 e. The van der Waals surface area contributed by atoms with Gasteiger partial charge in [-0.05, 0) is 29.7 Å². The van der Waals surface area contributed by atoms with Crippen molar-refractivity contribution in [3.05, 3.63) is 63.7 Å². The number of urea groups is 1. The Morgan fingerprint density at radius 1 is 1.12 bits per heavy atom. The van der Waals surface area contributed by atoms with Gasteiger partial charge in [0.05, 0.1) is 22.3 Å². The molecular weight excluding hydrogens is 452 g/mol. The van der Waals surface area contributed by atoms with E-state index in [1.807, 2.05) is 17.6 Å². The number of fused-ring (bicyclic) bond motifs is 1. The first-order chi connectivity index (χ1) is 16.2. The van der Waals surface area contributed by atoms with Crippen molar-refractivity contribution in [3.63, 3.8) is 0 Å². The number of amides is 2. The predicted molar refractivity (Wildman–Crippen MR) is 134 cm³/mol. The quantitative estimate of drug-likeness (QED) is 0.326. The third-order valence-corrected chi connectivity index (χ3v) is 7.18. The van der Waals surface area contributed by atoms with Crippen molar-refractivity contribution >= 4 is 56.1 Å². The first kappa shape index (κ1) is 21.0. The Bertz CT molecular complexity index is 1400. The summed E-state index contributed by atoms with van der Waals surface area (Å²) in [7, 11) is 0. The SMILES string of the molecule is [C-]#[N+]c1ccc2ncsc2c1-c1ccc(N2CCN(C(=O)Nc3csc(C#C)n3)CC2)cc1. The van der Waals surface area contributed by atoms with Gasteiger partial charge in [0.15, 0.2) is 10.7 Å². The minimum Gasteiger partial charge on any atom is -0.368 e. The van der Waals surface area contributed by atoms with Gasteiger partial charge in [-0.2, -0.15) is 0 Å². The molecule has 5 rings (SSSR count). The molecule has 0 radical (unpaired) electrons. The maximum Gasteiger partial charge on any atom is 0.323 e. The minimum atomic E-state index is -0.164. The lowest BCUT2D eigenvalue weighted by Crippen LogP contribution is -2.50. The fourth-order valence-electron chi connectivity index (χ4n) is 3.88. The van der Waals surface area contributed by atoms with Crippen LogP contribution in [0.2, 0.25) is 0 Å². The number of nitrogens with one attached hydrogen (secondary N) is 1. The molecule has 0 spiro atoms. The van der Waals surface area contributed by atoms with Crippen LogP contribution < -0.4 is 10.2 Å². The van der Waals surface area contributed by atoms with Crippen molar-refractivity contribution < 1.29 is 4.79 Å². The lowest BCUT2D eigenvalue weighted by molar-refractivity contribution is 0.208. The van der Waals surface area contributed by atoms with E-state index in [0.29, 0.717) is 29.6 Å². The average molecular weight is 471 g/mol. The van der Waals surface area contributed by atoms with Gasteiger partial charge in [-0.15, -0.1) is 29.1 Å². The van der Waals surface area contributed by atoms with Crippen molar-refractivity contribution in [1.82, 2.24) is 14.9 Å². The highest BCUT2D eigenvalue weighted by molar-refractivity contribution is 7.17. The van der Waals surface area contributed by atoms with Crippen molar-refractivity contribution in [2.75, 3.05) is 36.4 Å². The first-order valence-electron chi connectivity index (χ1n) is 10.2. The lowest BCUT2D eigenvalue weighted by Gasteiger charge is -2.36. The summed E-state index contributed by atoms with van der Waals surface area (Å²) >= 11 is 2.89. The smallest absolute Gasteiger partial charge is 0.323 e. The van der Waals surface area contributed by atoms with E-state index in [0.717, 1.165) is 40.1 Å². The standard InChI is InChI=1S/C24H18N6OS2/c1-3-21-27-20(14-32-21)28-24(31)30-12-10-29(11-13-30)17-6-4-16(5-7-17)22-18(25-2)8-9-19-23(22)33-15-26-19/h1,4-9,14-15H,10-13H2,(H,28,31). The van der Waals surface area contributed by atoms with Gasteiger partial charge in [-0.1, -0.05) is 18.2 Å². The topological polar surface area (TPSA) is 65.7 Å². The van der Waals surface area contributed by atoms with Gasteiger partial charge in [0, 0.05) is 42.8 Å². The predicted octanol–water partition coefficient (Wildman–Crippen LogP) is 5.31. The van der Waals surface area contributed by atoms with E-state index in [-0.39, 0.29) is 6.03 Å². The van der Waals surface area contributed by atoms with E-state index in [1.54, 1.807) is 21.6 Å². The molecule has 7 nitrogen and oxygen atoms in total. The van der Waals surface area contributed by atoms with E-state index in [4.69, 9.17) is 13.0 Å². The Balaban J connectivity index is 1.26. The van der Waals surface area contributed by atoms with Crippen LogP contribution in [0.25, 0.3) is 26.2 Å². The first-order valence-corrected chi connectivity index (χ1v) is 12.0. The maximum absolute atomic E-state index is 12.5. The number of rotatable bonds is 3. The van der Waals surface area contributed by atoms with Crippen LogP contribution in [0.3, 0.4) is 0 Å². The number of aromatic nitrogens is 2. The Morgan fingerprint density at radius 3 is 2.61 bits per heavy atom. The van der Waals surface area contributed by atoms with Crippen molar-refractivity contribution in [2.24, 2.45) is 0 Å². The number of anilines is 2. The number of thiazole rings is 2. The lowest BCUT2D eigenvalue weighted by atomic mass is 10.0. The van der Waals surface area contributed by atoms with Crippen LogP contribution in [0, 0.1) is 18.9 Å². The highest BCUT2D eigenvalue weighted by Gasteiger charge is 2.22. The van der Waals surface area contributed by atoms with E-state index in [2.05, 4.69) is 55.2 Å². The van der Waals surface area contributed by atoms with Crippen LogP contribution in [-0.2, 0) is 0 Å². The van der Waals surface area contributed by atoms with E-state index >= 15 is 0 Å². The second-order valence-electron chi connectivity index (χ2n) is 7.41. The number of carbonyl (C=O) groups is 1. The zero-order chi connectivity index (χ0) is 22.8. The van der Waals surface area contributed by atoms with E-state index in [1.165, 1.54) is 11.3 Å². The van der Waals surface area contributed by atoms with Crippen molar-refractivity contribution in [2.45, 2.75) is 0 Å². The zero-order valence-corrected chi connectivity index (χ0v) is 19.1. The van der Waals surface area contributed by atoms with E-state index < -0.39 is 0 Å². The summed E-state index contributed by atoms with van der Waals surface area (Å²) in [6, 6.07) is 11.8. The number of terminal acetylenes is 1. The molecule has 2 aromatic heterocycles. The molecule has 0 aliphatic carbocycles. The number of nitrogens with zero attached hydrogens (tertiary/aromatic N) is 5. The number of piperazine rings is 1. The molecule has 0 bridgehead atoms. The third kappa shape index (κ3) is 4.12. The van der Waals surface area contributed by atoms with Gasteiger partial charge >= 0.3 is 6.03 Å². The number of benzene rings is 2. The molecule has 1 fully saturated rings. The molecule has 162 valence electrons. The molecule has 1 aliphatic rings. The molecular formula is C24H18N6OS2. The Labute approximate surface area is 199 Å². The monoisotopic (exact) mass is 470 g/mol. The summed E-state index contributed by atoms with van der Waals surface area (Å²) in [5, 5.41) is 5.11. The Hall–Kier alpha value is -3.92. The van der Waals surface area contributed by atoms with Crippen LogP contribution in [0.5, 0.6) is 0 Å². The molecule has 33 heavy (non-hydrogen) atoms. The molecule has 9 heteroatoms. The summed E-state index contributed by atoms with van der Waals surface area (Å²) in [5.74, 6) is 2.96. The van der Waals surface area contributed by atoms with Crippen LogP contribution >= 0.6 is 22.7 Å². The summed E-state index contributed by atoms with van der Waals surface area (Å²) in [4.78, 5) is 28.9. The molecule has 3 heterocycles. The Morgan fingerprint density at radius 2 is 1.91 bits per heavy atom. The summed E-state index contributed by atoms with van der Waals surface area (Å²) in [6.45, 7) is 10.2. The highest BCUT2D eigenvalue weighted by Crippen LogP contribution is 2.39. The summed E-state index contributed by atoms with van der Waals surface area (Å²) in [5.41, 5.74) is 6.40. The van der Waals surface area contributed by atoms with Crippen LogP contribution in [-0.4, -0.2) is 47.1 Å². The molecule has 1 N–H and O–H groups in total. The second-order valence-corrected chi connectivity index (χ2v) is 9.12. The molecule has 1 aliphatic heterocycles. The second kappa shape index (κ2) is 8.91. The molecule has 1 saturated heterocycles. The minimum absolute atomic E-state index is 0.164. The normalized spacial score (nSPS) is 13.5. The highest BCUT2D eigenvalue weighted by atomic mass is 32.1. The number of hydrogen-bond acceptors (Lipinski definition) is 6. The molecule has 0 atom stereocenters. The fourth-order valence-corrected chi connectivity index (χ4v) is 5.29.